The SMILES string of the molecule is COc1cccc(NC(N)=NCC(C)COc2ccccc2OC)c1.I. The lowest BCUT2D eigenvalue weighted by molar-refractivity contribution is 0.251. The molecule has 0 aliphatic heterocycles. The van der Waals surface area contributed by atoms with Crippen LogP contribution in [0, 0.1) is 5.92 Å². The van der Waals surface area contributed by atoms with Crippen molar-refractivity contribution in [3.63, 3.8) is 0 Å². The molecule has 1 unspecified atom stereocenters. The van der Waals surface area contributed by atoms with Crippen molar-refractivity contribution in [1.82, 2.24) is 0 Å². The summed E-state index contributed by atoms with van der Waals surface area (Å²) in [6.07, 6.45) is 0. The van der Waals surface area contributed by atoms with E-state index in [4.69, 9.17) is 19.9 Å². The van der Waals surface area contributed by atoms with Gasteiger partial charge in [0.2, 0.25) is 0 Å². The van der Waals surface area contributed by atoms with Crippen LogP contribution in [0.4, 0.5) is 5.69 Å². The first-order valence-corrected chi connectivity index (χ1v) is 8.09. The van der Waals surface area contributed by atoms with Crippen molar-refractivity contribution < 1.29 is 14.2 Å². The first-order valence-electron chi connectivity index (χ1n) is 8.09. The summed E-state index contributed by atoms with van der Waals surface area (Å²) < 4.78 is 16.2. The first-order chi connectivity index (χ1) is 12.1. The van der Waals surface area contributed by atoms with E-state index < -0.39 is 0 Å². The largest absolute Gasteiger partial charge is 0.497 e. The molecule has 0 bridgehead atoms. The summed E-state index contributed by atoms with van der Waals surface area (Å²) in [5, 5.41) is 3.05. The number of nitrogens with two attached hydrogens (primary N) is 1. The van der Waals surface area contributed by atoms with Crippen LogP contribution >= 0.6 is 24.0 Å². The van der Waals surface area contributed by atoms with E-state index in [1.807, 2.05) is 48.5 Å². The van der Waals surface area contributed by atoms with Crippen LogP contribution in [0.25, 0.3) is 0 Å². The number of aliphatic imine (C=N–C) groups is 1. The van der Waals surface area contributed by atoms with Gasteiger partial charge >= 0.3 is 0 Å². The van der Waals surface area contributed by atoms with E-state index in [9.17, 15) is 0 Å². The average molecular weight is 471 g/mol. The number of nitrogens with one attached hydrogen (secondary N) is 1. The average Bonchev–Trinajstić information content (AvgIpc) is 2.65. The molecule has 0 aliphatic carbocycles. The van der Waals surface area contributed by atoms with Gasteiger partial charge in [-0.1, -0.05) is 25.1 Å². The summed E-state index contributed by atoms with van der Waals surface area (Å²) >= 11 is 0. The number of rotatable bonds is 8. The maximum Gasteiger partial charge on any atom is 0.193 e. The van der Waals surface area contributed by atoms with Crippen LogP contribution in [0.15, 0.2) is 53.5 Å². The van der Waals surface area contributed by atoms with Crippen LogP contribution in [-0.2, 0) is 0 Å². The Morgan fingerprint density at radius 2 is 1.81 bits per heavy atom. The first kappa shape index (κ1) is 21.9. The van der Waals surface area contributed by atoms with Crippen LogP contribution in [0.3, 0.4) is 0 Å². The molecule has 2 rings (SSSR count). The monoisotopic (exact) mass is 471 g/mol. The molecule has 0 amide bonds. The highest BCUT2D eigenvalue weighted by molar-refractivity contribution is 14.0. The number of para-hydroxylation sites is 2. The molecule has 2 aromatic rings. The maximum absolute atomic E-state index is 5.94. The van der Waals surface area contributed by atoms with E-state index in [-0.39, 0.29) is 29.9 Å². The Kier molecular flexibility index (Phi) is 9.64. The van der Waals surface area contributed by atoms with Gasteiger partial charge < -0.3 is 25.3 Å². The molecule has 0 saturated heterocycles. The van der Waals surface area contributed by atoms with Crippen molar-refractivity contribution in [1.29, 1.82) is 0 Å². The zero-order valence-electron chi connectivity index (χ0n) is 15.3. The van der Waals surface area contributed by atoms with Gasteiger partial charge in [-0.25, -0.2) is 0 Å². The van der Waals surface area contributed by atoms with E-state index in [1.165, 1.54) is 0 Å². The van der Waals surface area contributed by atoms with Crippen molar-refractivity contribution in [3.05, 3.63) is 48.5 Å². The minimum Gasteiger partial charge on any atom is -0.497 e. The lowest BCUT2D eigenvalue weighted by atomic mass is 10.2. The van der Waals surface area contributed by atoms with Gasteiger partial charge in [0.05, 0.1) is 20.8 Å². The third-order valence-electron chi connectivity index (χ3n) is 3.51. The van der Waals surface area contributed by atoms with Gasteiger partial charge in [0.15, 0.2) is 17.5 Å². The summed E-state index contributed by atoms with van der Waals surface area (Å²) in [5.41, 5.74) is 6.77. The van der Waals surface area contributed by atoms with Gasteiger partial charge in [-0.15, -0.1) is 24.0 Å². The molecule has 0 aromatic heterocycles. The standard InChI is InChI=1S/C19H25N3O3.HI/c1-14(13-25-18-10-5-4-9-17(18)24-3)12-21-19(20)22-15-7-6-8-16(11-15)23-2;/h4-11,14H,12-13H2,1-3H3,(H3,20,21,22);1H. The molecule has 1 atom stereocenters. The topological polar surface area (TPSA) is 78.1 Å². The molecule has 3 N–H and O–H groups in total. The van der Waals surface area contributed by atoms with E-state index in [0.717, 1.165) is 22.9 Å². The molecule has 142 valence electrons. The fourth-order valence-corrected chi connectivity index (χ4v) is 2.17. The number of ether oxygens (including phenoxy) is 3. The summed E-state index contributed by atoms with van der Waals surface area (Å²) in [7, 11) is 3.25. The summed E-state index contributed by atoms with van der Waals surface area (Å²) in [4.78, 5) is 4.36. The van der Waals surface area contributed by atoms with Gasteiger partial charge in [-0.2, -0.15) is 0 Å². The molecule has 0 aliphatic rings. The highest BCUT2D eigenvalue weighted by Crippen LogP contribution is 2.26. The number of halogens is 1. The minimum absolute atomic E-state index is 0. The van der Waals surface area contributed by atoms with Crippen molar-refractivity contribution in [2.45, 2.75) is 6.92 Å². The highest BCUT2D eigenvalue weighted by Gasteiger charge is 2.07. The highest BCUT2D eigenvalue weighted by atomic mass is 127. The van der Waals surface area contributed by atoms with Crippen molar-refractivity contribution >= 4 is 35.6 Å². The minimum atomic E-state index is 0. The van der Waals surface area contributed by atoms with Crippen LogP contribution in [0.2, 0.25) is 0 Å². The summed E-state index contributed by atoms with van der Waals surface area (Å²) in [6, 6.07) is 15.1. The summed E-state index contributed by atoms with van der Waals surface area (Å²) in [6.45, 7) is 3.13. The Morgan fingerprint density at radius 3 is 2.50 bits per heavy atom. The normalized spacial score (nSPS) is 11.9. The molecular weight excluding hydrogens is 445 g/mol. The van der Waals surface area contributed by atoms with Crippen molar-refractivity contribution in [2.24, 2.45) is 16.6 Å². The Bertz CT molecular complexity index is 710. The fourth-order valence-electron chi connectivity index (χ4n) is 2.17. The second-order valence-electron chi connectivity index (χ2n) is 5.65. The molecule has 2 aromatic carbocycles. The Hall–Kier alpha value is -2.16. The van der Waals surface area contributed by atoms with E-state index in [1.54, 1.807) is 14.2 Å². The van der Waals surface area contributed by atoms with E-state index in [0.29, 0.717) is 19.1 Å². The van der Waals surface area contributed by atoms with Gasteiger partial charge in [-0.3, -0.25) is 4.99 Å². The lowest BCUT2D eigenvalue weighted by Gasteiger charge is -2.14. The van der Waals surface area contributed by atoms with Gasteiger partial charge in [-0.05, 0) is 24.3 Å². The van der Waals surface area contributed by atoms with Gasteiger partial charge in [0.1, 0.15) is 5.75 Å². The molecule has 0 radical (unpaired) electrons. The predicted molar refractivity (Wildman–Crippen MR) is 116 cm³/mol. The van der Waals surface area contributed by atoms with Crippen LogP contribution in [0.1, 0.15) is 6.92 Å². The second-order valence-corrected chi connectivity index (χ2v) is 5.65. The molecular formula is C19H26IN3O3. The number of methoxy groups -OCH3 is 2. The fraction of sp³-hybridized carbons (Fsp3) is 0.316. The Balaban J connectivity index is 0.00000338. The van der Waals surface area contributed by atoms with E-state index in [2.05, 4.69) is 17.2 Å². The Labute approximate surface area is 171 Å². The molecule has 26 heavy (non-hydrogen) atoms. The van der Waals surface area contributed by atoms with Crippen molar-refractivity contribution in [3.8, 4) is 17.2 Å². The number of anilines is 1. The smallest absolute Gasteiger partial charge is 0.193 e. The molecule has 0 heterocycles. The molecule has 0 fully saturated rings. The van der Waals surface area contributed by atoms with Gasteiger partial charge in [0.25, 0.3) is 0 Å². The van der Waals surface area contributed by atoms with Crippen LogP contribution in [-0.4, -0.2) is 33.3 Å². The third kappa shape index (κ3) is 6.99. The zero-order chi connectivity index (χ0) is 18.1. The predicted octanol–water partition coefficient (Wildman–Crippen LogP) is 3.76. The molecule has 0 spiro atoms. The lowest BCUT2D eigenvalue weighted by Crippen LogP contribution is -2.24. The van der Waals surface area contributed by atoms with Crippen LogP contribution in [0.5, 0.6) is 17.2 Å². The number of hydrogen-bond donors (Lipinski definition) is 2. The van der Waals surface area contributed by atoms with Gasteiger partial charge in [0, 0.05) is 24.2 Å². The molecule has 0 saturated carbocycles. The maximum atomic E-state index is 5.94. The second kappa shape index (κ2) is 11.5. The third-order valence-corrected chi connectivity index (χ3v) is 3.51. The number of nitrogens with zero attached hydrogens (tertiary/aromatic N) is 1. The number of hydrogen-bond acceptors (Lipinski definition) is 4. The quantitative estimate of drug-likeness (QED) is 0.348. The molecule has 6 nitrogen and oxygen atoms in total. The molecule has 7 heteroatoms. The number of benzene rings is 2. The van der Waals surface area contributed by atoms with Crippen LogP contribution < -0.4 is 25.3 Å². The summed E-state index contributed by atoms with van der Waals surface area (Å²) in [5.74, 6) is 2.77. The zero-order valence-corrected chi connectivity index (χ0v) is 17.6. The number of guanidine groups is 1. The van der Waals surface area contributed by atoms with Crippen molar-refractivity contribution in [2.75, 3.05) is 32.7 Å². The van der Waals surface area contributed by atoms with E-state index >= 15 is 0 Å². The Morgan fingerprint density at radius 1 is 1.08 bits per heavy atom.